The van der Waals surface area contributed by atoms with Crippen LogP contribution >= 0.6 is 0 Å². The van der Waals surface area contributed by atoms with Crippen molar-refractivity contribution in [3.05, 3.63) is 16.8 Å². The zero-order valence-corrected chi connectivity index (χ0v) is 5.83. The van der Waals surface area contributed by atoms with Gasteiger partial charge in [-0.1, -0.05) is 6.58 Å². The molecule has 0 aliphatic rings. The van der Waals surface area contributed by atoms with Crippen LogP contribution in [0.2, 0.25) is 0 Å². The quantitative estimate of drug-likeness (QED) is 0.525. The Balaban J connectivity index is 3.16. The van der Waals surface area contributed by atoms with Crippen LogP contribution in [-0.2, 0) is 0 Å². The molecular formula is C7H9N3. The van der Waals surface area contributed by atoms with E-state index >= 15 is 0 Å². The van der Waals surface area contributed by atoms with E-state index in [1.165, 1.54) is 0 Å². The van der Waals surface area contributed by atoms with Crippen LogP contribution in [0.1, 0.15) is 6.92 Å². The maximum Gasteiger partial charge on any atom is 0.0826 e. The maximum atomic E-state index is 3.91. The van der Waals surface area contributed by atoms with Crippen molar-refractivity contribution in [1.29, 1.82) is 0 Å². The second-order valence-corrected chi connectivity index (χ2v) is 1.85. The van der Waals surface area contributed by atoms with Crippen LogP contribution in [0.15, 0.2) is 11.2 Å². The first-order valence-electron chi connectivity index (χ1n) is 3.01. The zero-order chi connectivity index (χ0) is 7.40. The van der Waals surface area contributed by atoms with E-state index in [1.54, 1.807) is 18.6 Å². The van der Waals surface area contributed by atoms with Crippen LogP contribution in [-0.4, -0.2) is 16.4 Å². The van der Waals surface area contributed by atoms with E-state index in [1.807, 2.05) is 6.92 Å². The van der Waals surface area contributed by atoms with Gasteiger partial charge in [0.05, 0.1) is 17.7 Å². The van der Waals surface area contributed by atoms with E-state index in [0.717, 1.165) is 10.6 Å². The summed E-state index contributed by atoms with van der Waals surface area (Å²) in [7, 11) is 0. The minimum atomic E-state index is 0.859. The Morgan fingerprint density at radius 1 is 1.80 bits per heavy atom. The molecule has 1 aromatic heterocycles. The molecule has 1 rings (SSSR count). The van der Waals surface area contributed by atoms with Crippen LogP contribution in [0.5, 0.6) is 0 Å². The second kappa shape index (κ2) is 2.96. The Morgan fingerprint density at radius 3 is 3.10 bits per heavy atom. The fourth-order valence-electron chi connectivity index (χ4n) is 0.582. The highest BCUT2D eigenvalue weighted by molar-refractivity contribution is 5.57. The summed E-state index contributed by atoms with van der Waals surface area (Å²) in [6.45, 7) is 5.59. The van der Waals surface area contributed by atoms with E-state index in [2.05, 4.69) is 21.8 Å². The molecular weight excluding hydrogens is 126 g/mol. The first kappa shape index (κ1) is 6.74. The Bertz CT molecular complexity index is 321. The Labute approximate surface area is 58.8 Å². The first-order chi connectivity index (χ1) is 4.84. The molecule has 1 aromatic rings. The minimum absolute atomic E-state index is 0.859. The third-order valence-electron chi connectivity index (χ3n) is 1.10. The van der Waals surface area contributed by atoms with Crippen molar-refractivity contribution in [2.24, 2.45) is 4.99 Å². The lowest BCUT2D eigenvalue weighted by atomic mass is 10.5. The number of rotatable bonds is 1. The van der Waals surface area contributed by atoms with Gasteiger partial charge in [0.25, 0.3) is 0 Å². The van der Waals surface area contributed by atoms with Crippen molar-refractivity contribution in [3.8, 4) is 0 Å². The van der Waals surface area contributed by atoms with Crippen molar-refractivity contribution in [2.75, 3.05) is 0 Å². The van der Waals surface area contributed by atoms with E-state index in [4.69, 9.17) is 0 Å². The lowest BCUT2D eigenvalue weighted by Crippen LogP contribution is -2.19. The van der Waals surface area contributed by atoms with Crippen LogP contribution in [0.25, 0.3) is 12.8 Å². The van der Waals surface area contributed by atoms with Crippen molar-refractivity contribution < 1.29 is 0 Å². The van der Waals surface area contributed by atoms with E-state index in [9.17, 15) is 0 Å². The molecule has 0 aliphatic carbocycles. The van der Waals surface area contributed by atoms with Gasteiger partial charge in [-0.25, -0.2) is 0 Å². The maximum absolute atomic E-state index is 3.91. The molecule has 1 N–H and O–H groups in total. The highest BCUT2D eigenvalue weighted by Gasteiger charge is 1.79. The monoisotopic (exact) mass is 135 g/mol. The largest absolute Gasteiger partial charge is 0.276 e. The summed E-state index contributed by atoms with van der Waals surface area (Å²) < 4.78 is 0. The predicted octanol–water partition coefficient (Wildman–Crippen LogP) is -0.351. The average molecular weight is 135 g/mol. The highest BCUT2D eigenvalue weighted by Crippen LogP contribution is 1.62. The molecule has 0 saturated heterocycles. The standard InChI is InChI=1S/C7H9N3/c1-3-8-5-7-6(2)4-9-10-7/h3-5,10H,2H2,1H3/b7-5+,8-3?. The van der Waals surface area contributed by atoms with Crippen molar-refractivity contribution >= 4 is 19.0 Å². The molecule has 1 heterocycles. The Morgan fingerprint density at radius 2 is 2.60 bits per heavy atom. The molecule has 3 nitrogen and oxygen atoms in total. The molecule has 0 aliphatic heterocycles. The molecule has 10 heavy (non-hydrogen) atoms. The summed E-state index contributed by atoms with van der Waals surface area (Å²) in [5.74, 6) is 0. The third-order valence-corrected chi connectivity index (χ3v) is 1.10. The molecule has 0 spiro atoms. The lowest BCUT2D eigenvalue weighted by molar-refractivity contribution is 1.06. The fraction of sp³-hybridized carbons (Fsp3) is 0.143. The van der Waals surface area contributed by atoms with Gasteiger partial charge in [0, 0.05) is 11.4 Å². The van der Waals surface area contributed by atoms with Gasteiger partial charge in [-0.15, -0.1) is 0 Å². The van der Waals surface area contributed by atoms with Gasteiger partial charge in [-0.2, -0.15) is 5.10 Å². The highest BCUT2D eigenvalue weighted by atomic mass is 15.1. The SMILES string of the molecule is C=c1cn[nH]/c1=C/N=CC. The number of nitrogens with zero attached hydrogens (tertiary/aromatic N) is 2. The summed E-state index contributed by atoms with van der Waals surface area (Å²) in [5, 5.41) is 8.27. The minimum Gasteiger partial charge on any atom is -0.276 e. The van der Waals surface area contributed by atoms with E-state index in [-0.39, 0.29) is 0 Å². The molecule has 0 bridgehead atoms. The van der Waals surface area contributed by atoms with Gasteiger partial charge in [0.1, 0.15) is 0 Å². The summed E-state index contributed by atoms with van der Waals surface area (Å²) in [4.78, 5) is 3.91. The van der Waals surface area contributed by atoms with Crippen molar-refractivity contribution in [3.63, 3.8) is 0 Å². The fourth-order valence-corrected chi connectivity index (χ4v) is 0.582. The summed E-state index contributed by atoms with van der Waals surface area (Å²) >= 11 is 0. The summed E-state index contributed by atoms with van der Waals surface area (Å²) in [5.41, 5.74) is 0. The number of aromatic amines is 1. The van der Waals surface area contributed by atoms with Crippen molar-refractivity contribution in [1.82, 2.24) is 10.2 Å². The van der Waals surface area contributed by atoms with Gasteiger partial charge < -0.3 is 0 Å². The normalized spacial score (nSPS) is 13.1. The molecule has 0 atom stereocenters. The molecule has 0 radical (unpaired) electrons. The van der Waals surface area contributed by atoms with Gasteiger partial charge in [0.15, 0.2) is 0 Å². The van der Waals surface area contributed by atoms with E-state index in [0.29, 0.717) is 0 Å². The predicted molar refractivity (Wildman–Crippen MR) is 42.0 cm³/mol. The smallest absolute Gasteiger partial charge is 0.0826 e. The molecule has 0 fully saturated rings. The number of hydrogen-bond acceptors (Lipinski definition) is 2. The van der Waals surface area contributed by atoms with Crippen LogP contribution < -0.4 is 10.6 Å². The number of aromatic nitrogens is 2. The van der Waals surface area contributed by atoms with Gasteiger partial charge in [0.2, 0.25) is 0 Å². The summed E-state index contributed by atoms with van der Waals surface area (Å²) in [6, 6.07) is 0. The Hall–Kier alpha value is -1.38. The number of aliphatic imine (C=N–C) groups is 1. The molecule has 0 amide bonds. The number of hydrogen-bond donors (Lipinski definition) is 1. The zero-order valence-electron chi connectivity index (χ0n) is 5.83. The molecule has 52 valence electrons. The lowest BCUT2D eigenvalue weighted by Gasteiger charge is -1.72. The third kappa shape index (κ3) is 1.31. The number of H-pyrrole nitrogens is 1. The van der Waals surface area contributed by atoms with Crippen LogP contribution in [0.3, 0.4) is 0 Å². The van der Waals surface area contributed by atoms with Gasteiger partial charge >= 0.3 is 0 Å². The molecule has 0 unspecified atom stereocenters. The topological polar surface area (TPSA) is 41.0 Å². The van der Waals surface area contributed by atoms with Crippen LogP contribution in [0.4, 0.5) is 0 Å². The second-order valence-electron chi connectivity index (χ2n) is 1.85. The van der Waals surface area contributed by atoms with E-state index < -0.39 is 0 Å². The molecule has 0 saturated carbocycles. The summed E-state index contributed by atoms with van der Waals surface area (Å²) in [6.07, 6.45) is 5.06. The first-order valence-corrected chi connectivity index (χ1v) is 3.01. The average Bonchev–Trinajstić information content (AvgIpc) is 2.31. The Kier molecular flexibility index (Phi) is 1.99. The van der Waals surface area contributed by atoms with Gasteiger partial charge in [-0.05, 0) is 6.92 Å². The van der Waals surface area contributed by atoms with Crippen molar-refractivity contribution in [2.45, 2.75) is 6.92 Å². The van der Waals surface area contributed by atoms with Gasteiger partial charge in [-0.3, -0.25) is 10.1 Å². The molecule has 3 heteroatoms. The van der Waals surface area contributed by atoms with Crippen LogP contribution in [0, 0.1) is 0 Å². The molecule has 0 aromatic carbocycles. The number of nitrogens with one attached hydrogen (secondary N) is 1.